The first-order valence-electron chi connectivity index (χ1n) is 10.5. The molecule has 0 atom stereocenters. The number of ether oxygens (including phenoxy) is 3. The fraction of sp³-hybridized carbons (Fsp3) is 0.240. The van der Waals surface area contributed by atoms with E-state index in [2.05, 4.69) is 12.2 Å². The molecule has 1 aliphatic heterocycles. The maximum atomic E-state index is 13.4. The standard InChI is InChI=1S/C25H23NO4S/c1-2-13-28-20-10-8-18(23-24(27)17-5-3-4-6-22(17)31-25(20)23)26-12-11-16-7-9-19-21(14-16)30-15-29-19/h3-10,14,26H,2,11-13,15H2,1H3. The molecule has 0 saturated heterocycles. The van der Waals surface area contributed by atoms with E-state index in [0.717, 1.165) is 56.1 Å². The van der Waals surface area contributed by atoms with Crippen LogP contribution in [0.5, 0.6) is 17.2 Å². The number of nitrogens with one attached hydrogen (secondary N) is 1. The van der Waals surface area contributed by atoms with Crippen LogP contribution in [-0.4, -0.2) is 19.9 Å². The van der Waals surface area contributed by atoms with E-state index in [9.17, 15) is 4.79 Å². The third-order valence-corrected chi connectivity index (χ3v) is 6.51. The van der Waals surface area contributed by atoms with E-state index in [4.69, 9.17) is 14.2 Å². The highest BCUT2D eigenvalue weighted by molar-refractivity contribution is 7.25. The molecule has 0 saturated carbocycles. The van der Waals surface area contributed by atoms with Crippen LogP contribution in [0.25, 0.3) is 20.2 Å². The molecular weight excluding hydrogens is 410 g/mol. The molecule has 0 unspecified atom stereocenters. The van der Waals surface area contributed by atoms with Crippen molar-refractivity contribution in [1.29, 1.82) is 0 Å². The summed E-state index contributed by atoms with van der Waals surface area (Å²) in [5.74, 6) is 2.34. The summed E-state index contributed by atoms with van der Waals surface area (Å²) < 4.78 is 18.7. The Morgan fingerprint density at radius 1 is 1.06 bits per heavy atom. The van der Waals surface area contributed by atoms with Gasteiger partial charge in [-0.2, -0.15) is 0 Å². The van der Waals surface area contributed by atoms with Crippen molar-refractivity contribution in [3.8, 4) is 17.2 Å². The number of rotatable bonds is 7. The van der Waals surface area contributed by atoms with Crippen LogP contribution in [-0.2, 0) is 6.42 Å². The lowest BCUT2D eigenvalue weighted by atomic mass is 10.1. The summed E-state index contributed by atoms with van der Waals surface area (Å²) in [5.41, 5.74) is 2.03. The predicted molar refractivity (Wildman–Crippen MR) is 126 cm³/mol. The molecule has 3 aromatic carbocycles. The summed E-state index contributed by atoms with van der Waals surface area (Å²) >= 11 is 1.60. The number of hydrogen-bond acceptors (Lipinski definition) is 6. The van der Waals surface area contributed by atoms with Gasteiger partial charge in [0, 0.05) is 22.3 Å². The van der Waals surface area contributed by atoms with Gasteiger partial charge in [-0.15, -0.1) is 11.3 Å². The maximum Gasteiger partial charge on any atom is 0.231 e. The van der Waals surface area contributed by atoms with E-state index in [0.29, 0.717) is 18.5 Å². The lowest BCUT2D eigenvalue weighted by molar-refractivity contribution is 0.174. The number of benzene rings is 3. The molecule has 1 aromatic heterocycles. The van der Waals surface area contributed by atoms with Crippen molar-refractivity contribution in [2.45, 2.75) is 19.8 Å². The van der Waals surface area contributed by atoms with Crippen LogP contribution in [0.2, 0.25) is 0 Å². The van der Waals surface area contributed by atoms with Gasteiger partial charge in [0.05, 0.1) is 16.7 Å². The van der Waals surface area contributed by atoms with Crippen molar-refractivity contribution in [1.82, 2.24) is 0 Å². The molecule has 1 N–H and O–H groups in total. The second-order valence-corrected chi connectivity index (χ2v) is 8.51. The van der Waals surface area contributed by atoms with Crippen molar-refractivity contribution in [3.63, 3.8) is 0 Å². The van der Waals surface area contributed by atoms with Crippen LogP contribution in [0, 0.1) is 0 Å². The van der Waals surface area contributed by atoms with E-state index in [1.54, 1.807) is 11.3 Å². The molecule has 31 heavy (non-hydrogen) atoms. The Morgan fingerprint density at radius 2 is 1.94 bits per heavy atom. The third-order valence-electron chi connectivity index (χ3n) is 5.32. The van der Waals surface area contributed by atoms with Gasteiger partial charge in [-0.3, -0.25) is 4.79 Å². The molecular formula is C25H23NO4S. The van der Waals surface area contributed by atoms with Crippen molar-refractivity contribution in [2.24, 2.45) is 0 Å². The first-order valence-corrected chi connectivity index (χ1v) is 11.3. The summed E-state index contributed by atoms with van der Waals surface area (Å²) in [6.45, 7) is 3.67. The molecule has 0 amide bonds. The first-order chi connectivity index (χ1) is 15.2. The largest absolute Gasteiger partial charge is 0.492 e. The molecule has 158 valence electrons. The second kappa shape index (κ2) is 8.47. The average Bonchev–Trinajstić information content (AvgIpc) is 3.26. The minimum atomic E-state index is 0.0388. The van der Waals surface area contributed by atoms with Crippen LogP contribution in [0.3, 0.4) is 0 Å². The van der Waals surface area contributed by atoms with Gasteiger partial charge in [0.2, 0.25) is 6.79 Å². The molecule has 0 radical (unpaired) electrons. The predicted octanol–water partition coefficient (Wildman–Crippen LogP) is 5.59. The van der Waals surface area contributed by atoms with Crippen molar-refractivity contribution < 1.29 is 14.2 Å². The van der Waals surface area contributed by atoms with E-state index in [1.165, 1.54) is 0 Å². The number of fused-ring (bicyclic) bond motifs is 3. The SMILES string of the molecule is CCCOc1ccc(NCCc2ccc3c(c2)OCO3)c2c(=O)c3ccccc3sc12. The Balaban J connectivity index is 1.47. The van der Waals surface area contributed by atoms with E-state index < -0.39 is 0 Å². The molecule has 5 nitrogen and oxygen atoms in total. The smallest absolute Gasteiger partial charge is 0.231 e. The lowest BCUT2D eigenvalue weighted by Gasteiger charge is -2.14. The van der Waals surface area contributed by atoms with E-state index in [1.807, 2.05) is 54.6 Å². The van der Waals surface area contributed by atoms with Crippen LogP contribution in [0.4, 0.5) is 5.69 Å². The zero-order valence-corrected chi connectivity index (χ0v) is 18.1. The van der Waals surface area contributed by atoms with Gasteiger partial charge in [0.15, 0.2) is 16.9 Å². The zero-order chi connectivity index (χ0) is 21.2. The van der Waals surface area contributed by atoms with Gasteiger partial charge in [-0.1, -0.05) is 25.1 Å². The fourth-order valence-corrected chi connectivity index (χ4v) is 4.96. The molecule has 4 aromatic rings. The topological polar surface area (TPSA) is 56.8 Å². The summed E-state index contributed by atoms with van der Waals surface area (Å²) in [4.78, 5) is 13.4. The quantitative estimate of drug-likeness (QED) is 0.385. The Kier molecular flexibility index (Phi) is 5.38. The zero-order valence-electron chi connectivity index (χ0n) is 17.3. The minimum absolute atomic E-state index is 0.0388. The summed E-state index contributed by atoms with van der Waals surface area (Å²) in [6.07, 6.45) is 1.72. The maximum absolute atomic E-state index is 13.4. The van der Waals surface area contributed by atoms with Crippen LogP contribution >= 0.6 is 11.3 Å². The monoisotopic (exact) mass is 433 g/mol. The Bertz CT molecular complexity index is 1310. The van der Waals surface area contributed by atoms with Gasteiger partial charge < -0.3 is 19.5 Å². The molecule has 5 rings (SSSR count). The van der Waals surface area contributed by atoms with Crippen molar-refractivity contribution in [2.75, 3.05) is 25.3 Å². The van der Waals surface area contributed by atoms with Gasteiger partial charge in [-0.05, 0) is 54.8 Å². The molecule has 0 bridgehead atoms. The molecule has 1 aliphatic rings. The molecule has 2 heterocycles. The van der Waals surface area contributed by atoms with Crippen molar-refractivity contribution in [3.05, 3.63) is 70.4 Å². The first kappa shape index (κ1) is 19.7. The van der Waals surface area contributed by atoms with Gasteiger partial charge >= 0.3 is 0 Å². The van der Waals surface area contributed by atoms with Gasteiger partial charge in [0.25, 0.3) is 0 Å². The molecule has 0 fully saturated rings. The lowest BCUT2D eigenvalue weighted by Crippen LogP contribution is -2.10. The Labute approximate surface area is 184 Å². The van der Waals surface area contributed by atoms with Gasteiger partial charge in [-0.25, -0.2) is 0 Å². The number of anilines is 1. The van der Waals surface area contributed by atoms with Crippen LogP contribution in [0.15, 0.2) is 59.4 Å². The van der Waals surface area contributed by atoms with E-state index >= 15 is 0 Å². The molecule has 0 spiro atoms. The minimum Gasteiger partial charge on any atom is -0.492 e. The fourth-order valence-electron chi connectivity index (χ4n) is 3.79. The second-order valence-electron chi connectivity index (χ2n) is 7.46. The highest BCUT2D eigenvalue weighted by Gasteiger charge is 2.15. The van der Waals surface area contributed by atoms with Crippen LogP contribution < -0.4 is 25.0 Å². The normalized spacial score (nSPS) is 12.4. The van der Waals surface area contributed by atoms with Gasteiger partial charge in [0.1, 0.15) is 5.75 Å². The molecule has 6 heteroatoms. The average molecular weight is 434 g/mol. The highest BCUT2D eigenvalue weighted by Crippen LogP contribution is 2.36. The third kappa shape index (κ3) is 3.79. The summed E-state index contributed by atoms with van der Waals surface area (Å²) in [7, 11) is 0. The van der Waals surface area contributed by atoms with Crippen molar-refractivity contribution >= 4 is 37.2 Å². The number of hydrogen-bond donors (Lipinski definition) is 1. The van der Waals surface area contributed by atoms with Crippen LogP contribution in [0.1, 0.15) is 18.9 Å². The summed E-state index contributed by atoms with van der Waals surface area (Å²) in [5, 5.41) is 4.91. The Morgan fingerprint density at radius 3 is 2.84 bits per heavy atom. The molecule has 0 aliphatic carbocycles. The summed E-state index contributed by atoms with van der Waals surface area (Å²) in [6, 6.07) is 17.7. The Hall–Kier alpha value is -3.25. The highest BCUT2D eigenvalue weighted by atomic mass is 32.1. The van der Waals surface area contributed by atoms with E-state index in [-0.39, 0.29) is 12.2 Å².